The molecular weight excluding hydrogens is 244 g/mol. The molecule has 0 radical (unpaired) electrons. The van der Waals surface area contributed by atoms with Crippen LogP contribution in [0.1, 0.15) is 51.9 Å². The van der Waals surface area contributed by atoms with Gasteiger partial charge in [0.15, 0.2) is 5.17 Å². The van der Waals surface area contributed by atoms with E-state index in [1.807, 2.05) is 11.8 Å². The zero-order valence-corrected chi connectivity index (χ0v) is 12.2. The first-order chi connectivity index (χ1) is 8.70. The highest BCUT2D eigenvalue weighted by Gasteiger charge is 2.38. The van der Waals surface area contributed by atoms with E-state index < -0.39 is 0 Å². The second kappa shape index (κ2) is 5.04. The molecule has 0 amide bonds. The van der Waals surface area contributed by atoms with Crippen LogP contribution >= 0.6 is 11.8 Å². The van der Waals surface area contributed by atoms with Crippen molar-refractivity contribution in [1.82, 2.24) is 5.32 Å². The van der Waals surface area contributed by atoms with Gasteiger partial charge in [-0.05, 0) is 32.6 Å². The first-order valence-corrected chi connectivity index (χ1v) is 8.27. The molecule has 2 aliphatic heterocycles. The number of rotatable bonds is 1. The highest BCUT2D eigenvalue weighted by Crippen LogP contribution is 2.39. The van der Waals surface area contributed by atoms with Crippen LogP contribution in [0.5, 0.6) is 0 Å². The fourth-order valence-electron chi connectivity index (χ4n) is 3.30. The molecule has 1 N–H and O–H groups in total. The van der Waals surface area contributed by atoms with Gasteiger partial charge in [-0.15, -0.1) is 0 Å². The van der Waals surface area contributed by atoms with E-state index in [1.165, 1.54) is 49.4 Å². The third-order valence-corrected chi connectivity index (χ3v) is 5.60. The molecule has 102 valence electrons. The molecule has 1 saturated carbocycles. The third kappa shape index (κ3) is 2.69. The minimum Gasteiger partial charge on any atom is -0.379 e. The number of hydrogen-bond acceptors (Lipinski definition) is 4. The minimum absolute atomic E-state index is 0.101. The number of aliphatic imine (C=N–C) groups is 1. The summed E-state index contributed by atoms with van der Waals surface area (Å²) in [7, 11) is 0. The van der Waals surface area contributed by atoms with Crippen molar-refractivity contribution in [2.75, 3.05) is 19.0 Å². The van der Waals surface area contributed by atoms with E-state index in [1.54, 1.807) is 0 Å². The van der Waals surface area contributed by atoms with Crippen molar-refractivity contribution in [3.8, 4) is 0 Å². The van der Waals surface area contributed by atoms with Gasteiger partial charge >= 0.3 is 0 Å². The number of nitrogens with one attached hydrogen (secondary N) is 1. The zero-order valence-electron chi connectivity index (χ0n) is 11.3. The van der Waals surface area contributed by atoms with Gasteiger partial charge in [0.05, 0.1) is 17.7 Å². The summed E-state index contributed by atoms with van der Waals surface area (Å²) < 4.78 is 5.61. The van der Waals surface area contributed by atoms with E-state index in [0.29, 0.717) is 0 Å². The van der Waals surface area contributed by atoms with Crippen molar-refractivity contribution >= 4 is 16.9 Å². The normalized spacial score (nSPS) is 35.5. The fraction of sp³-hybridized carbons (Fsp3) is 0.929. The molecule has 1 unspecified atom stereocenters. The van der Waals surface area contributed by atoms with Crippen LogP contribution in [0.25, 0.3) is 0 Å². The van der Waals surface area contributed by atoms with Gasteiger partial charge in [-0.2, -0.15) is 0 Å². The Hall–Kier alpha value is -0.220. The lowest BCUT2D eigenvalue weighted by Crippen LogP contribution is -2.50. The Balaban J connectivity index is 1.64. The fourth-order valence-corrected chi connectivity index (χ4v) is 4.64. The van der Waals surface area contributed by atoms with Gasteiger partial charge in [0, 0.05) is 12.4 Å². The van der Waals surface area contributed by atoms with Gasteiger partial charge in [0.25, 0.3) is 0 Å². The lowest BCUT2D eigenvalue weighted by molar-refractivity contribution is 0.0374. The second-order valence-electron chi connectivity index (χ2n) is 6.33. The van der Waals surface area contributed by atoms with E-state index in [2.05, 4.69) is 12.2 Å². The molecule has 0 aromatic rings. The van der Waals surface area contributed by atoms with Gasteiger partial charge in [0.1, 0.15) is 0 Å². The molecule has 3 aliphatic rings. The van der Waals surface area contributed by atoms with Crippen molar-refractivity contribution in [3.63, 3.8) is 0 Å². The predicted octanol–water partition coefficient (Wildman–Crippen LogP) is 2.95. The number of hydrogen-bond donors (Lipinski definition) is 1. The van der Waals surface area contributed by atoms with Crippen LogP contribution in [-0.4, -0.2) is 35.2 Å². The second-order valence-corrected chi connectivity index (χ2v) is 7.30. The Morgan fingerprint density at radius 2 is 2.00 bits per heavy atom. The van der Waals surface area contributed by atoms with Crippen molar-refractivity contribution in [2.24, 2.45) is 4.99 Å². The summed E-state index contributed by atoms with van der Waals surface area (Å²) in [6.45, 7) is 4.00. The third-order valence-electron chi connectivity index (χ3n) is 4.45. The van der Waals surface area contributed by atoms with Crippen LogP contribution in [0.4, 0.5) is 0 Å². The van der Waals surface area contributed by atoms with Crippen molar-refractivity contribution < 1.29 is 4.74 Å². The molecule has 0 aromatic heterocycles. The van der Waals surface area contributed by atoms with E-state index in [-0.39, 0.29) is 11.1 Å². The maximum absolute atomic E-state index is 5.61. The lowest BCUT2D eigenvalue weighted by atomic mass is 9.84. The van der Waals surface area contributed by atoms with Crippen LogP contribution in [0.2, 0.25) is 0 Å². The lowest BCUT2D eigenvalue weighted by Gasteiger charge is -2.35. The molecule has 0 aromatic carbocycles. The minimum atomic E-state index is 0.101. The van der Waals surface area contributed by atoms with E-state index in [9.17, 15) is 0 Å². The SMILES string of the molecule is CC1(NC2=NC3(CCCCC3)CS2)CCCOC1. The molecule has 1 aliphatic carbocycles. The molecular formula is C14H24N2OS. The first kappa shape index (κ1) is 12.8. The monoisotopic (exact) mass is 268 g/mol. The van der Waals surface area contributed by atoms with Gasteiger partial charge in [0.2, 0.25) is 0 Å². The van der Waals surface area contributed by atoms with E-state index in [4.69, 9.17) is 9.73 Å². The molecule has 18 heavy (non-hydrogen) atoms. The number of thioether (sulfide) groups is 1. The molecule has 0 bridgehead atoms. The summed E-state index contributed by atoms with van der Waals surface area (Å²) in [6, 6.07) is 0. The number of amidine groups is 1. The average Bonchev–Trinajstić information content (AvgIpc) is 2.73. The van der Waals surface area contributed by atoms with Crippen LogP contribution in [0.15, 0.2) is 4.99 Å². The molecule has 3 nitrogen and oxygen atoms in total. The first-order valence-electron chi connectivity index (χ1n) is 7.29. The highest BCUT2D eigenvalue weighted by atomic mass is 32.2. The molecule has 2 heterocycles. The highest BCUT2D eigenvalue weighted by molar-refractivity contribution is 8.14. The Morgan fingerprint density at radius 3 is 2.72 bits per heavy atom. The van der Waals surface area contributed by atoms with Crippen molar-refractivity contribution in [2.45, 2.75) is 62.9 Å². The van der Waals surface area contributed by atoms with E-state index in [0.717, 1.165) is 19.6 Å². The zero-order chi connectivity index (χ0) is 12.5. The van der Waals surface area contributed by atoms with Gasteiger partial charge in [-0.1, -0.05) is 31.0 Å². The summed E-state index contributed by atoms with van der Waals surface area (Å²) in [5, 5.41) is 4.82. The van der Waals surface area contributed by atoms with E-state index >= 15 is 0 Å². The van der Waals surface area contributed by atoms with Gasteiger partial charge in [-0.25, -0.2) is 0 Å². The predicted molar refractivity (Wildman–Crippen MR) is 77.3 cm³/mol. The summed E-state index contributed by atoms with van der Waals surface area (Å²) in [4.78, 5) is 5.03. The molecule has 1 atom stereocenters. The Labute approximate surface area is 114 Å². The summed E-state index contributed by atoms with van der Waals surface area (Å²) in [6.07, 6.45) is 9.05. The Bertz CT molecular complexity index is 331. The summed E-state index contributed by atoms with van der Waals surface area (Å²) in [5.41, 5.74) is 0.376. The summed E-state index contributed by atoms with van der Waals surface area (Å²) >= 11 is 1.92. The Morgan fingerprint density at radius 1 is 1.17 bits per heavy atom. The number of ether oxygens (including phenoxy) is 1. The largest absolute Gasteiger partial charge is 0.379 e. The topological polar surface area (TPSA) is 33.6 Å². The average molecular weight is 268 g/mol. The van der Waals surface area contributed by atoms with Crippen molar-refractivity contribution in [3.05, 3.63) is 0 Å². The smallest absolute Gasteiger partial charge is 0.157 e. The Kier molecular flexibility index (Phi) is 3.59. The molecule has 4 heteroatoms. The van der Waals surface area contributed by atoms with Gasteiger partial charge in [-0.3, -0.25) is 4.99 Å². The molecule has 2 fully saturated rings. The van der Waals surface area contributed by atoms with Crippen LogP contribution in [0.3, 0.4) is 0 Å². The van der Waals surface area contributed by atoms with Crippen LogP contribution in [-0.2, 0) is 4.74 Å². The quantitative estimate of drug-likeness (QED) is 0.794. The molecule has 1 spiro atoms. The molecule has 3 rings (SSSR count). The maximum atomic E-state index is 5.61. The van der Waals surface area contributed by atoms with Crippen molar-refractivity contribution in [1.29, 1.82) is 0 Å². The maximum Gasteiger partial charge on any atom is 0.157 e. The molecule has 1 saturated heterocycles. The summed E-state index contributed by atoms with van der Waals surface area (Å²) in [5.74, 6) is 1.19. The van der Waals surface area contributed by atoms with Crippen LogP contribution in [0, 0.1) is 0 Å². The standard InChI is InChI=1S/C14H24N2OS/c1-13(6-5-9-17-10-13)15-12-16-14(11-18-12)7-3-2-4-8-14/h2-11H2,1H3,(H,15,16). The van der Waals surface area contributed by atoms with Crippen LogP contribution < -0.4 is 5.32 Å². The van der Waals surface area contributed by atoms with Gasteiger partial charge < -0.3 is 10.1 Å². The number of nitrogens with zero attached hydrogens (tertiary/aromatic N) is 1.